The third kappa shape index (κ3) is 4.83. The van der Waals surface area contributed by atoms with Gasteiger partial charge in [-0.15, -0.1) is 0 Å². The van der Waals surface area contributed by atoms with Gasteiger partial charge in [-0.1, -0.05) is 54.3 Å². The van der Waals surface area contributed by atoms with Crippen molar-refractivity contribution in [2.24, 2.45) is 5.92 Å². The highest BCUT2D eigenvalue weighted by atomic mass is 15.2. The summed E-state index contributed by atoms with van der Waals surface area (Å²) in [6.07, 6.45) is 2.33. The third-order valence-electron chi connectivity index (χ3n) is 5.84. The molecule has 0 radical (unpaired) electrons. The van der Waals surface area contributed by atoms with Gasteiger partial charge in [0.25, 0.3) is 0 Å². The number of benzene rings is 2. The van der Waals surface area contributed by atoms with Gasteiger partial charge in [0.15, 0.2) is 0 Å². The smallest absolute Gasteiger partial charge is 0.0603 e. The molecule has 2 N–H and O–H groups in total. The third-order valence-corrected chi connectivity index (χ3v) is 5.84. The molecule has 28 heavy (non-hydrogen) atoms. The van der Waals surface area contributed by atoms with E-state index in [0.717, 1.165) is 51.1 Å². The van der Waals surface area contributed by atoms with Crippen LogP contribution in [0.1, 0.15) is 42.5 Å². The molecule has 3 nitrogen and oxygen atoms in total. The lowest BCUT2D eigenvalue weighted by Crippen LogP contribution is -2.50. The Hall–Kier alpha value is -2.12. The number of hydrogen-bond donors (Lipinski definition) is 2. The van der Waals surface area contributed by atoms with Gasteiger partial charge in [-0.25, -0.2) is 0 Å². The first-order valence-corrected chi connectivity index (χ1v) is 10.6. The molecule has 2 atom stereocenters. The Balaban J connectivity index is 1.62. The Bertz CT molecular complexity index is 814. The summed E-state index contributed by atoms with van der Waals surface area (Å²) >= 11 is 0. The van der Waals surface area contributed by atoms with Crippen LogP contribution in [0.3, 0.4) is 0 Å². The second kappa shape index (κ2) is 9.39. The molecule has 0 unspecified atom stereocenters. The van der Waals surface area contributed by atoms with Crippen LogP contribution in [-0.4, -0.2) is 43.7 Å². The fourth-order valence-corrected chi connectivity index (χ4v) is 4.38. The van der Waals surface area contributed by atoms with E-state index in [1.54, 1.807) is 0 Å². The molecule has 4 rings (SSSR count). The lowest BCUT2D eigenvalue weighted by Gasteiger charge is -2.38. The number of nitrogens with one attached hydrogen (secondary N) is 2. The van der Waals surface area contributed by atoms with Crippen LogP contribution >= 0.6 is 0 Å². The van der Waals surface area contributed by atoms with Crippen LogP contribution in [0.4, 0.5) is 0 Å². The van der Waals surface area contributed by atoms with E-state index in [1.165, 1.54) is 11.1 Å². The first kappa shape index (κ1) is 19.2. The molecule has 2 aliphatic heterocycles. The van der Waals surface area contributed by atoms with Gasteiger partial charge in [0.05, 0.1) is 6.04 Å². The predicted octanol–water partition coefficient (Wildman–Crippen LogP) is 3.42. The van der Waals surface area contributed by atoms with Crippen molar-refractivity contribution in [3.8, 4) is 11.8 Å². The number of hydrogen-bond acceptors (Lipinski definition) is 3. The molecule has 0 spiro atoms. The van der Waals surface area contributed by atoms with Crippen molar-refractivity contribution in [2.75, 3.05) is 32.7 Å². The molecule has 0 aliphatic carbocycles. The highest BCUT2D eigenvalue weighted by molar-refractivity contribution is 5.41. The molecular formula is C25H31N3. The zero-order valence-electron chi connectivity index (χ0n) is 16.8. The predicted molar refractivity (Wildman–Crippen MR) is 116 cm³/mol. The van der Waals surface area contributed by atoms with E-state index in [2.05, 4.69) is 88.9 Å². The maximum atomic E-state index is 3.57. The van der Waals surface area contributed by atoms with Gasteiger partial charge >= 0.3 is 0 Å². The molecule has 2 aliphatic rings. The summed E-state index contributed by atoms with van der Waals surface area (Å²) in [5, 5.41) is 6.99. The summed E-state index contributed by atoms with van der Waals surface area (Å²) in [5.41, 5.74) is 3.85. The van der Waals surface area contributed by atoms with Crippen LogP contribution < -0.4 is 10.6 Å². The lowest BCUT2D eigenvalue weighted by molar-refractivity contribution is 0.170. The van der Waals surface area contributed by atoms with Crippen molar-refractivity contribution in [2.45, 2.75) is 31.8 Å². The minimum atomic E-state index is 0.284. The minimum Gasteiger partial charge on any atom is -0.317 e. The van der Waals surface area contributed by atoms with Gasteiger partial charge in [-0.2, -0.15) is 0 Å². The van der Waals surface area contributed by atoms with Crippen LogP contribution in [0.15, 0.2) is 54.6 Å². The zero-order valence-corrected chi connectivity index (χ0v) is 16.8. The van der Waals surface area contributed by atoms with Gasteiger partial charge in [0, 0.05) is 37.2 Å². The standard InChI is InChI=1S/C25H31N3/c1-20-19-28(17-16-27-20)25(23-7-3-2-4-8-23)24-9-5-6-22(18-24)11-10-21-12-14-26-15-13-21/h2-9,18,20-21,25-27H,12-17,19H2,1H3/t20-,25-/m1/s1. The summed E-state index contributed by atoms with van der Waals surface area (Å²) < 4.78 is 0. The van der Waals surface area contributed by atoms with E-state index in [9.17, 15) is 0 Å². The molecule has 2 fully saturated rings. The summed E-state index contributed by atoms with van der Waals surface area (Å²) in [5.74, 6) is 7.51. The molecule has 2 aromatic rings. The van der Waals surface area contributed by atoms with Crippen molar-refractivity contribution in [3.05, 3.63) is 71.3 Å². The number of nitrogens with zero attached hydrogens (tertiary/aromatic N) is 1. The Kier molecular flexibility index (Phi) is 6.44. The molecular weight excluding hydrogens is 342 g/mol. The topological polar surface area (TPSA) is 27.3 Å². The van der Waals surface area contributed by atoms with E-state index in [1.807, 2.05) is 0 Å². The van der Waals surface area contributed by atoms with Gasteiger partial charge in [0.1, 0.15) is 0 Å². The summed E-state index contributed by atoms with van der Waals surface area (Å²) in [6.45, 7) is 7.63. The SMILES string of the molecule is C[C@@H]1CN([C@H](c2ccccc2)c2cccc(C#CC3CCNCC3)c2)CCN1. The van der Waals surface area contributed by atoms with Crippen LogP contribution in [0.2, 0.25) is 0 Å². The molecule has 0 amide bonds. The lowest BCUT2D eigenvalue weighted by atomic mass is 9.94. The number of piperazine rings is 1. The molecule has 2 saturated heterocycles. The maximum absolute atomic E-state index is 3.57. The first-order valence-electron chi connectivity index (χ1n) is 10.6. The van der Waals surface area contributed by atoms with Crippen molar-refractivity contribution in [3.63, 3.8) is 0 Å². The summed E-state index contributed by atoms with van der Waals surface area (Å²) in [4.78, 5) is 2.61. The molecule has 146 valence electrons. The van der Waals surface area contributed by atoms with E-state index < -0.39 is 0 Å². The molecule has 0 aromatic heterocycles. The fraction of sp³-hybridized carbons (Fsp3) is 0.440. The summed E-state index contributed by atoms with van der Waals surface area (Å²) in [7, 11) is 0. The second-order valence-electron chi connectivity index (χ2n) is 8.08. The average molecular weight is 374 g/mol. The van der Waals surface area contributed by atoms with E-state index in [-0.39, 0.29) is 6.04 Å². The minimum absolute atomic E-state index is 0.284. The Morgan fingerprint density at radius 2 is 1.75 bits per heavy atom. The largest absolute Gasteiger partial charge is 0.317 e. The van der Waals surface area contributed by atoms with E-state index in [0.29, 0.717) is 12.0 Å². The van der Waals surface area contributed by atoms with Crippen molar-refractivity contribution in [1.29, 1.82) is 0 Å². The van der Waals surface area contributed by atoms with Crippen LogP contribution in [0, 0.1) is 17.8 Å². The molecule has 3 heteroatoms. The van der Waals surface area contributed by atoms with Crippen LogP contribution in [-0.2, 0) is 0 Å². The van der Waals surface area contributed by atoms with Crippen molar-refractivity contribution < 1.29 is 0 Å². The molecule has 2 heterocycles. The summed E-state index contributed by atoms with van der Waals surface area (Å²) in [6, 6.07) is 20.6. The molecule has 0 saturated carbocycles. The highest BCUT2D eigenvalue weighted by Crippen LogP contribution is 2.30. The zero-order chi connectivity index (χ0) is 19.2. The molecule has 2 aromatic carbocycles. The Labute approximate surface area is 169 Å². The molecule has 0 bridgehead atoms. The second-order valence-corrected chi connectivity index (χ2v) is 8.08. The average Bonchev–Trinajstić information content (AvgIpc) is 2.74. The Morgan fingerprint density at radius 1 is 0.964 bits per heavy atom. The van der Waals surface area contributed by atoms with Crippen LogP contribution in [0.25, 0.3) is 0 Å². The maximum Gasteiger partial charge on any atom is 0.0603 e. The normalized spacial score (nSPS) is 22.2. The Morgan fingerprint density at radius 3 is 2.54 bits per heavy atom. The quantitative estimate of drug-likeness (QED) is 0.808. The number of rotatable bonds is 3. The van der Waals surface area contributed by atoms with E-state index in [4.69, 9.17) is 0 Å². The van der Waals surface area contributed by atoms with Gasteiger partial charge in [-0.3, -0.25) is 4.90 Å². The first-order chi connectivity index (χ1) is 13.8. The van der Waals surface area contributed by atoms with Gasteiger partial charge in [-0.05, 0) is 56.1 Å². The highest BCUT2D eigenvalue weighted by Gasteiger charge is 2.26. The van der Waals surface area contributed by atoms with Gasteiger partial charge in [0.2, 0.25) is 0 Å². The number of piperidine rings is 1. The van der Waals surface area contributed by atoms with Gasteiger partial charge < -0.3 is 10.6 Å². The fourth-order valence-electron chi connectivity index (χ4n) is 4.38. The van der Waals surface area contributed by atoms with Crippen molar-refractivity contribution >= 4 is 0 Å². The monoisotopic (exact) mass is 373 g/mol. The van der Waals surface area contributed by atoms with Crippen LogP contribution in [0.5, 0.6) is 0 Å². The van der Waals surface area contributed by atoms with E-state index >= 15 is 0 Å². The van der Waals surface area contributed by atoms with Crippen molar-refractivity contribution in [1.82, 2.24) is 15.5 Å².